The number of aryl methyl sites for hydroxylation is 1. The van der Waals surface area contributed by atoms with Crippen LogP contribution in [0.25, 0.3) is 110 Å². The molecule has 0 aliphatic rings. The van der Waals surface area contributed by atoms with Gasteiger partial charge in [0.15, 0.2) is 5.58 Å². The van der Waals surface area contributed by atoms with Crippen molar-refractivity contribution in [3.63, 3.8) is 0 Å². The van der Waals surface area contributed by atoms with Gasteiger partial charge in [-0.15, -0.1) is 0 Å². The molecule has 11 aromatic rings. The highest BCUT2D eigenvalue weighted by Gasteiger charge is 2.17. The molecule has 0 atom stereocenters. The minimum Gasteiger partial charge on any atom is -0.455 e. The van der Waals surface area contributed by atoms with Crippen LogP contribution in [-0.4, -0.2) is 4.98 Å². The molecule has 244 valence electrons. The number of benzene rings is 7. The Hall–Kier alpha value is -6.91. The fourth-order valence-electron chi connectivity index (χ4n) is 7.91. The Balaban J connectivity index is 0.923. The summed E-state index contributed by atoms with van der Waals surface area (Å²) < 4.78 is 19.1. The van der Waals surface area contributed by atoms with Crippen molar-refractivity contribution in [3.05, 3.63) is 163 Å². The van der Waals surface area contributed by atoms with Crippen LogP contribution in [-0.2, 0) is 0 Å². The molecule has 0 fully saturated rings. The minimum absolute atomic E-state index is 0.815. The second-order valence-electron chi connectivity index (χ2n) is 13.5. The van der Waals surface area contributed by atoms with Crippen LogP contribution in [0.5, 0.6) is 0 Å². The molecule has 0 N–H and O–H groups in total. The molecule has 0 aliphatic carbocycles. The van der Waals surface area contributed by atoms with E-state index in [9.17, 15) is 0 Å². The van der Waals surface area contributed by atoms with Crippen molar-refractivity contribution >= 4 is 65.9 Å². The fraction of sp³-hybridized carbons (Fsp3) is 0.0208. The third-order valence-electron chi connectivity index (χ3n) is 10.6. The number of nitrogens with zero attached hydrogens (tertiary/aromatic N) is 1. The maximum Gasteiger partial charge on any atom is 0.157 e. The van der Waals surface area contributed by atoms with Crippen LogP contribution in [0.3, 0.4) is 0 Å². The number of aromatic nitrogens is 1. The number of hydrogen-bond acceptors (Lipinski definition) is 4. The Labute approximate surface area is 298 Å². The maximum atomic E-state index is 6.46. The second-order valence-corrected chi connectivity index (χ2v) is 13.5. The van der Waals surface area contributed by atoms with E-state index in [1.54, 1.807) is 0 Å². The largest absolute Gasteiger partial charge is 0.455 e. The molecule has 4 heteroatoms. The average Bonchev–Trinajstić information content (AvgIpc) is 3.90. The highest BCUT2D eigenvalue weighted by atomic mass is 16.3. The van der Waals surface area contributed by atoms with Crippen molar-refractivity contribution < 1.29 is 13.3 Å². The van der Waals surface area contributed by atoms with Crippen LogP contribution >= 0.6 is 0 Å². The van der Waals surface area contributed by atoms with Gasteiger partial charge >= 0.3 is 0 Å². The van der Waals surface area contributed by atoms with E-state index in [0.29, 0.717) is 0 Å². The molecule has 0 saturated heterocycles. The van der Waals surface area contributed by atoms with E-state index in [1.165, 1.54) is 0 Å². The number of hydrogen-bond donors (Lipinski definition) is 0. The normalized spacial score (nSPS) is 11.9. The maximum absolute atomic E-state index is 6.46. The Kier molecular flexibility index (Phi) is 6.13. The summed E-state index contributed by atoms with van der Waals surface area (Å²) in [4.78, 5) is 4.97. The zero-order valence-corrected chi connectivity index (χ0v) is 28.2. The Morgan fingerprint density at radius 1 is 0.365 bits per heavy atom. The van der Waals surface area contributed by atoms with Crippen molar-refractivity contribution in [2.45, 2.75) is 6.92 Å². The van der Waals surface area contributed by atoms with Crippen LogP contribution in [0.2, 0.25) is 0 Å². The smallest absolute Gasteiger partial charge is 0.157 e. The highest BCUT2D eigenvalue weighted by Crippen LogP contribution is 2.40. The van der Waals surface area contributed by atoms with Gasteiger partial charge in [0.25, 0.3) is 0 Å². The van der Waals surface area contributed by atoms with Gasteiger partial charge in [-0.2, -0.15) is 0 Å². The van der Waals surface area contributed by atoms with Crippen LogP contribution in [0.1, 0.15) is 5.56 Å². The molecule has 4 aromatic heterocycles. The van der Waals surface area contributed by atoms with Gasteiger partial charge in [-0.05, 0) is 59.0 Å². The topological polar surface area (TPSA) is 52.3 Å². The summed E-state index contributed by atoms with van der Waals surface area (Å²) in [7, 11) is 0. The zero-order chi connectivity index (χ0) is 34.3. The van der Waals surface area contributed by atoms with Gasteiger partial charge in [0.2, 0.25) is 0 Å². The molecule has 0 unspecified atom stereocenters. The summed E-state index contributed by atoms with van der Waals surface area (Å²) in [5, 5.41) is 5.54. The summed E-state index contributed by atoms with van der Waals surface area (Å²) in [6.07, 6.45) is 1.97. The minimum atomic E-state index is 0.815. The van der Waals surface area contributed by atoms with E-state index in [-0.39, 0.29) is 0 Å². The monoisotopic (exact) mass is 667 g/mol. The van der Waals surface area contributed by atoms with Crippen molar-refractivity contribution in [1.82, 2.24) is 4.98 Å². The SMILES string of the molecule is Cc1c(-c2ccc(-c3cccc4c3oc3ccccc34)cc2)cnc2c1oc1ccc(-c3ccc(-c4cccc5c4oc4ccccc45)cc3)cc12. The lowest BCUT2D eigenvalue weighted by atomic mass is 9.97. The van der Waals surface area contributed by atoms with Crippen molar-refractivity contribution in [3.8, 4) is 44.5 Å². The first-order valence-electron chi connectivity index (χ1n) is 17.5. The van der Waals surface area contributed by atoms with E-state index < -0.39 is 0 Å². The van der Waals surface area contributed by atoms with Crippen molar-refractivity contribution in [2.24, 2.45) is 0 Å². The molecule has 0 aliphatic heterocycles. The molecule has 4 heterocycles. The summed E-state index contributed by atoms with van der Waals surface area (Å²) in [6.45, 7) is 2.12. The Morgan fingerprint density at radius 2 is 0.827 bits per heavy atom. The van der Waals surface area contributed by atoms with Gasteiger partial charge in [0.1, 0.15) is 33.4 Å². The summed E-state index contributed by atoms with van der Waals surface area (Å²) in [5.41, 5.74) is 16.0. The molecule has 7 aromatic carbocycles. The van der Waals surface area contributed by atoms with Crippen LogP contribution in [0.15, 0.2) is 171 Å². The van der Waals surface area contributed by atoms with E-state index >= 15 is 0 Å². The van der Waals surface area contributed by atoms with Gasteiger partial charge in [-0.25, -0.2) is 0 Å². The number of para-hydroxylation sites is 4. The highest BCUT2D eigenvalue weighted by molar-refractivity contribution is 6.11. The third kappa shape index (κ3) is 4.31. The average molecular weight is 668 g/mol. The lowest BCUT2D eigenvalue weighted by molar-refractivity contribution is 0.665. The van der Waals surface area contributed by atoms with E-state index in [1.807, 2.05) is 30.5 Å². The molecule has 0 saturated carbocycles. The van der Waals surface area contributed by atoms with Gasteiger partial charge in [0, 0.05) is 55.4 Å². The number of rotatable bonds is 4. The summed E-state index contributed by atoms with van der Waals surface area (Å²) in [6, 6.07) is 52.8. The first-order valence-corrected chi connectivity index (χ1v) is 17.5. The standard InChI is InChI=1S/C48H29NO3/c1-28-41(32-22-20-31(21-23-32)35-11-7-13-39-37-9-3-5-15-43(37)52-48(35)39)27-49-45-40-26-33(24-25-44(40)50-46(28)45)29-16-18-30(19-17-29)34-10-6-12-38-36-8-2-4-14-42(36)51-47(34)38/h2-27H,1H3. The van der Waals surface area contributed by atoms with Crippen LogP contribution in [0.4, 0.5) is 0 Å². The molecular weight excluding hydrogens is 639 g/mol. The van der Waals surface area contributed by atoms with Gasteiger partial charge in [-0.3, -0.25) is 4.98 Å². The van der Waals surface area contributed by atoms with Gasteiger partial charge < -0.3 is 13.3 Å². The quantitative estimate of drug-likeness (QED) is 0.187. The molecule has 0 radical (unpaired) electrons. The number of furan rings is 3. The van der Waals surface area contributed by atoms with Gasteiger partial charge in [0.05, 0.1) is 0 Å². The molecule has 11 rings (SSSR count). The molecule has 0 bridgehead atoms. The predicted molar refractivity (Wildman–Crippen MR) is 213 cm³/mol. The van der Waals surface area contributed by atoms with Crippen molar-refractivity contribution in [2.75, 3.05) is 0 Å². The molecule has 0 amide bonds. The Morgan fingerprint density at radius 3 is 1.42 bits per heavy atom. The van der Waals surface area contributed by atoms with Crippen LogP contribution in [0, 0.1) is 6.92 Å². The molecular formula is C48H29NO3. The molecule has 52 heavy (non-hydrogen) atoms. The zero-order valence-electron chi connectivity index (χ0n) is 28.2. The van der Waals surface area contributed by atoms with E-state index in [4.69, 9.17) is 18.2 Å². The number of pyridine rings is 1. The number of fused-ring (bicyclic) bond motifs is 9. The predicted octanol–water partition coefficient (Wildman–Crippen LogP) is 13.8. The first kappa shape index (κ1) is 28.9. The van der Waals surface area contributed by atoms with Gasteiger partial charge in [-0.1, -0.05) is 127 Å². The summed E-state index contributed by atoms with van der Waals surface area (Å²) >= 11 is 0. The van der Waals surface area contributed by atoms with E-state index in [2.05, 4.69) is 134 Å². The van der Waals surface area contributed by atoms with Crippen molar-refractivity contribution in [1.29, 1.82) is 0 Å². The molecule has 4 nitrogen and oxygen atoms in total. The lowest BCUT2D eigenvalue weighted by Crippen LogP contribution is -1.88. The third-order valence-corrected chi connectivity index (χ3v) is 10.6. The fourth-order valence-corrected chi connectivity index (χ4v) is 7.91. The Bertz CT molecular complexity index is 3180. The second kappa shape index (κ2) is 11.0. The van der Waals surface area contributed by atoms with Crippen LogP contribution < -0.4 is 0 Å². The first-order chi connectivity index (χ1) is 25.7. The lowest BCUT2D eigenvalue weighted by Gasteiger charge is -2.08. The van der Waals surface area contributed by atoms with E-state index in [0.717, 1.165) is 116 Å². The summed E-state index contributed by atoms with van der Waals surface area (Å²) in [5.74, 6) is 0. The molecule has 0 spiro atoms.